The number of aromatic nitrogens is 4. The van der Waals surface area contributed by atoms with Gasteiger partial charge in [-0.25, -0.2) is 9.97 Å². The summed E-state index contributed by atoms with van der Waals surface area (Å²) in [5, 5.41) is 11.6. The van der Waals surface area contributed by atoms with Crippen molar-refractivity contribution >= 4 is 28.4 Å². The highest BCUT2D eigenvalue weighted by Gasteiger charge is 2.21. The van der Waals surface area contributed by atoms with Crippen LogP contribution < -0.4 is 10.6 Å². The zero-order chi connectivity index (χ0) is 18.6. The number of hydrogen-bond acceptors (Lipinski definition) is 5. The molecule has 0 unspecified atom stereocenters. The van der Waals surface area contributed by atoms with E-state index in [2.05, 4.69) is 25.7 Å². The molecule has 0 bridgehead atoms. The second-order valence-electron chi connectivity index (χ2n) is 7.14. The molecule has 1 fully saturated rings. The average Bonchev–Trinajstić information content (AvgIpc) is 3.08. The van der Waals surface area contributed by atoms with Crippen LogP contribution >= 0.6 is 0 Å². The van der Waals surface area contributed by atoms with Gasteiger partial charge >= 0.3 is 0 Å². The summed E-state index contributed by atoms with van der Waals surface area (Å²) in [7, 11) is 1.87. The van der Waals surface area contributed by atoms with E-state index in [0.717, 1.165) is 48.1 Å². The van der Waals surface area contributed by atoms with Crippen LogP contribution in [0.4, 0.5) is 11.5 Å². The highest BCUT2D eigenvalue weighted by Crippen LogP contribution is 2.25. The maximum absolute atomic E-state index is 12.5. The van der Waals surface area contributed by atoms with Crippen molar-refractivity contribution in [2.45, 2.75) is 38.6 Å². The molecule has 0 saturated heterocycles. The first kappa shape index (κ1) is 17.5. The van der Waals surface area contributed by atoms with Crippen LogP contribution in [-0.4, -0.2) is 25.7 Å². The number of anilines is 2. The van der Waals surface area contributed by atoms with Crippen LogP contribution in [0.2, 0.25) is 0 Å². The van der Waals surface area contributed by atoms with E-state index in [0.29, 0.717) is 12.2 Å². The fraction of sp³-hybridized carbons (Fsp3) is 0.400. The molecule has 1 aliphatic rings. The van der Waals surface area contributed by atoms with Crippen molar-refractivity contribution < 1.29 is 4.79 Å². The third-order valence-corrected chi connectivity index (χ3v) is 5.06. The summed E-state index contributed by atoms with van der Waals surface area (Å²) in [5.41, 5.74) is 2.59. The van der Waals surface area contributed by atoms with Gasteiger partial charge in [0.25, 0.3) is 0 Å². The van der Waals surface area contributed by atoms with Crippen LogP contribution in [0, 0.1) is 5.92 Å². The number of amides is 1. The second-order valence-corrected chi connectivity index (χ2v) is 7.14. The quantitative estimate of drug-likeness (QED) is 0.724. The molecular formula is C20H24N6O. The molecular weight excluding hydrogens is 340 g/mol. The molecule has 0 atom stereocenters. The minimum atomic E-state index is 0.146. The molecule has 7 nitrogen and oxygen atoms in total. The average molecular weight is 364 g/mol. The highest BCUT2D eigenvalue weighted by atomic mass is 16.1. The van der Waals surface area contributed by atoms with Crippen LogP contribution in [0.3, 0.4) is 0 Å². The Morgan fingerprint density at radius 1 is 1.22 bits per heavy atom. The first-order chi connectivity index (χ1) is 13.2. The summed E-state index contributed by atoms with van der Waals surface area (Å²) in [6.07, 6.45) is 8.98. The molecule has 27 heavy (non-hydrogen) atoms. The molecule has 2 aromatic heterocycles. The molecule has 1 aliphatic carbocycles. The molecule has 3 aromatic rings. The Bertz CT molecular complexity index is 945. The SMILES string of the molecule is Cn1cc2c(NCc3cccc(NC(=O)C4CCCCC4)c3)ncnc2n1. The fourth-order valence-electron chi connectivity index (χ4n) is 3.64. The Labute approximate surface area is 158 Å². The van der Waals surface area contributed by atoms with Gasteiger partial charge in [0.1, 0.15) is 12.1 Å². The predicted octanol–water partition coefficient (Wildman–Crippen LogP) is 3.49. The number of aryl methyl sites for hydroxylation is 1. The van der Waals surface area contributed by atoms with E-state index in [1.807, 2.05) is 37.5 Å². The van der Waals surface area contributed by atoms with Gasteiger partial charge in [-0.3, -0.25) is 9.48 Å². The van der Waals surface area contributed by atoms with E-state index in [-0.39, 0.29) is 11.8 Å². The van der Waals surface area contributed by atoms with Gasteiger partial charge in [-0.1, -0.05) is 31.4 Å². The molecule has 0 spiro atoms. The summed E-state index contributed by atoms with van der Waals surface area (Å²) >= 11 is 0. The Morgan fingerprint density at radius 2 is 2.07 bits per heavy atom. The minimum absolute atomic E-state index is 0.146. The number of carbonyl (C=O) groups is 1. The zero-order valence-corrected chi connectivity index (χ0v) is 15.5. The molecule has 1 saturated carbocycles. The molecule has 2 N–H and O–H groups in total. The number of carbonyl (C=O) groups excluding carboxylic acids is 1. The number of rotatable bonds is 5. The van der Waals surface area contributed by atoms with Gasteiger partial charge in [0, 0.05) is 31.4 Å². The molecule has 0 aliphatic heterocycles. The largest absolute Gasteiger partial charge is 0.365 e. The van der Waals surface area contributed by atoms with Gasteiger partial charge in [-0.2, -0.15) is 5.10 Å². The van der Waals surface area contributed by atoms with Crippen molar-refractivity contribution in [1.82, 2.24) is 19.7 Å². The third-order valence-electron chi connectivity index (χ3n) is 5.06. The van der Waals surface area contributed by atoms with Crippen molar-refractivity contribution in [3.63, 3.8) is 0 Å². The van der Waals surface area contributed by atoms with E-state index < -0.39 is 0 Å². The number of nitrogens with one attached hydrogen (secondary N) is 2. The lowest BCUT2D eigenvalue weighted by atomic mass is 9.88. The van der Waals surface area contributed by atoms with Crippen molar-refractivity contribution in [2.75, 3.05) is 10.6 Å². The second kappa shape index (κ2) is 7.73. The van der Waals surface area contributed by atoms with Crippen LogP contribution in [0.1, 0.15) is 37.7 Å². The van der Waals surface area contributed by atoms with Crippen LogP contribution in [0.15, 0.2) is 36.8 Å². The summed E-state index contributed by atoms with van der Waals surface area (Å²) in [4.78, 5) is 21.0. The Kier molecular flexibility index (Phi) is 5.00. The van der Waals surface area contributed by atoms with Gasteiger partial charge in [-0.05, 0) is 30.5 Å². The minimum Gasteiger partial charge on any atom is -0.365 e. The van der Waals surface area contributed by atoms with Crippen molar-refractivity contribution in [3.05, 3.63) is 42.4 Å². The lowest BCUT2D eigenvalue weighted by Crippen LogP contribution is -2.24. The molecule has 1 aromatic carbocycles. The van der Waals surface area contributed by atoms with Gasteiger partial charge in [0.05, 0.1) is 5.39 Å². The van der Waals surface area contributed by atoms with Crippen molar-refractivity contribution in [1.29, 1.82) is 0 Å². The fourth-order valence-corrected chi connectivity index (χ4v) is 3.64. The first-order valence-corrected chi connectivity index (χ1v) is 9.47. The number of hydrogen-bond donors (Lipinski definition) is 2. The van der Waals surface area contributed by atoms with Crippen LogP contribution in [0.25, 0.3) is 11.0 Å². The monoisotopic (exact) mass is 364 g/mol. The van der Waals surface area contributed by atoms with Crippen molar-refractivity contribution in [2.24, 2.45) is 13.0 Å². The van der Waals surface area contributed by atoms with Gasteiger partial charge < -0.3 is 10.6 Å². The summed E-state index contributed by atoms with van der Waals surface area (Å²) in [6, 6.07) is 7.95. The lowest BCUT2D eigenvalue weighted by molar-refractivity contribution is -0.120. The maximum atomic E-state index is 12.5. The van der Waals surface area contributed by atoms with E-state index >= 15 is 0 Å². The molecule has 2 heterocycles. The number of benzene rings is 1. The van der Waals surface area contributed by atoms with Gasteiger partial charge in [-0.15, -0.1) is 0 Å². The smallest absolute Gasteiger partial charge is 0.227 e. The van der Waals surface area contributed by atoms with Crippen molar-refractivity contribution in [3.8, 4) is 0 Å². The highest BCUT2D eigenvalue weighted by molar-refractivity contribution is 5.92. The van der Waals surface area contributed by atoms with E-state index in [1.165, 1.54) is 12.7 Å². The van der Waals surface area contributed by atoms with E-state index in [9.17, 15) is 4.79 Å². The van der Waals surface area contributed by atoms with E-state index in [4.69, 9.17) is 0 Å². The first-order valence-electron chi connectivity index (χ1n) is 9.47. The Balaban J connectivity index is 1.42. The Morgan fingerprint density at radius 3 is 2.93 bits per heavy atom. The van der Waals surface area contributed by atoms with Gasteiger partial charge in [0.2, 0.25) is 5.91 Å². The predicted molar refractivity (Wildman–Crippen MR) is 105 cm³/mol. The molecule has 1 amide bonds. The topological polar surface area (TPSA) is 84.7 Å². The summed E-state index contributed by atoms with van der Waals surface area (Å²) < 4.78 is 1.73. The van der Waals surface area contributed by atoms with E-state index in [1.54, 1.807) is 4.68 Å². The lowest BCUT2D eigenvalue weighted by Gasteiger charge is -2.20. The third kappa shape index (κ3) is 4.07. The van der Waals surface area contributed by atoms with Crippen LogP contribution in [0.5, 0.6) is 0 Å². The number of nitrogens with zero attached hydrogens (tertiary/aromatic N) is 4. The molecule has 140 valence electrons. The summed E-state index contributed by atoms with van der Waals surface area (Å²) in [5.74, 6) is 1.05. The molecule has 0 radical (unpaired) electrons. The Hall–Kier alpha value is -2.96. The standard InChI is InChI=1S/C20H24N6O/c1-26-12-17-18(22-13-23-19(17)25-26)21-11-14-6-5-9-16(10-14)24-20(27)15-7-3-2-4-8-15/h5-6,9-10,12-13,15H,2-4,7-8,11H2,1H3,(H,24,27)(H,21,22,23,25). The maximum Gasteiger partial charge on any atom is 0.227 e. The molecule has 4 rings (SSSR count). The molecule has 7 heteroatoms. The number of fused-ring (bicyclic) bond motifs is 1. The van der Waals surface area contributed by atoms with Gasteiger partial charge in [0.15, 0.2) is 5.65 Å². The van der Waals surface area contributed by atoms with Crippen LogP contribution in [-0.2, 0) is 18.4 Å². The summed E-state index contributed by atoms with van der Waals surface area (Å²) in [6.45, 7) is 0.605. The zero-order valence-electron chi connectivity index (χ0n) is 15.5. The normalized spacial score (nSPS) is 15.0.